The zero-order chi connectivity index (χ0) is 16.2. The van der Waals surface area contributed by atoms with Crippen molar-refractivity contribution < 1.29 is 19.1 Å². The van der Waals surface area contributed by atoms with Gasteiger partial charge in [0.2, 0.25) is 0 Å². The van der Waals surface area contributed by atoms with Gasteiger partial charge < -0.3 is 9.47 Å². The molecule has 0 aromatic heterocycles. The lowest BCUT2D eigenvalue weighted by atomic mass is 9.80. The van der Waals surface area contributed by atoms with Crippen molar-refractivity contribution >= 4 is 11.9 Å². The van der Waals surface area contributed by atoms with E-state index < -0.39 is 17.4 Å². The Hall–Kier alpha value is -1.76. The number of rotatable bonds is 6. The van der Waals surface area contributed by atoms with Gasteiger partial charge in [0, 0.05) is 6.42 Å². The van der Waals surface area contributed by atoms with Crippen molar-refractivity contribution in [3.8, 4) is 12.3 Å². The minimum absolute atomic E-state index is 0.0207. The van der Waals surface area contributed by atoms with Crippen molar-refractivity contribution in [2.24, 2.45) is 16.7 Å². The minimum atomic E-state index is -1.43. The summed E-state index contributed by atoms with van der Waals surface area (Å²) >= 11 is 0. The first-order valence-electron chi connectivity index (χ1n) is 7.82. The summed E-state index contributed by atoms with van der Waals surface area (Å²) in [5.41, 5.74) is -1.13. The highest BCUT2D eigenvalue weighted by Gasteiger charge is 2.53. The van der Waals surface area contributed by atoms with Crippen molar-refractivity contribution in [2.75, 3.05) is 14.2 Å². The molecule has 0 spiro atoms. The van der Waals surface area contributed by atoms with Crippen molar-refractivity contribution in [3.05, 3.63) is 12.2 Å². The maximum absolute atomic E-state index is 12.1. The molecule has 0 bridgehead atoms. The van der Waals surface area contributed by atoms with Crippen LogP contribution >= 0.6 is 0 Å². The van der Waals surface area contributed by atoms with E-state index >= 15 is 0 Å². The SMILES string of the molecule is C#CCC(C/C=C/[C@@]12CCCC[C@@H]1C2)(C(=O)OC)C(=O)OC. The van der Waals surface area contributed by atoms with E-state index in [0.717, 1.165) is 5.92 Å². The van der Waals surface area contributed by atoms with Crippen molar-refractivity contribution in [1.29, 1.82) is 0 Å². The Bertz CT molecular complexity index is 498. The molecule has 2 fully saturated rings. The highest BCUT2D eigenvalue weighted by atomic mass is 16.5. The number of carbonyl (C=O) groups is 2. The van der Waals surface area contributed by atoms with E-state index in [1.54, 1.807) is 0 Å². The van der Waals surface area contributed by atoms with Crippen LogP contribution in [0.15, 0.2) is 12.2 Å². The van der Waals surface area contributed by atoms with Crippen LogP contribution in [0.2, 0.25) is 0 Å². The fraction of sp³-hybridized carbons (Fsp3) is 0.667. The second kappa shape index (κ2) is 6.56. The summed E-state index contributed by atoms with van der Waals surface area (Å²) in [6.45, 7) is 0. The van der Waals surface area contributed by atoms with E-state index in [0.29, 0.717) is 5.41 Å². The molecule has 120 valence electrons. The van der Waals surface area contributed by atoms with Gasteiger partial charge in [0.25, 0.3) is 0 Å². The van der Waals surface area contributed by atoms with Gasteiger partial charge >= 0.3 is 11.9 Å². The molecule has 0 saturated heterocycles. The Morgan fingerprint density at radius 2 is 2.00 bits per heavy atom. The number of terminal acetylenes is 1. The highest BCUT2D eigenvalue weighted by molar-refractivity contribution is 6.00. The van der Waals surface area contributed by atoms with Crippen LogP contribution < -0.4 is 0 Å². The van der Waals surface area contributed by atoms with Crippen LogP contribution in [0.4, 0.5) is 0 Å². The van der Waals surface area contributed by atoms with Gasteiger partial charge in [-0.1, -0.05) is 25.0 Å². The quantitative estimate of drug-likeness (QED) is 0.328. The first kappa shape index (κ1) is 16.6. The lowest BCUT2D eigenvalue weighted by Crippen LogP contribution is -2.40. The normalized spacial score (nSPS) is 26.9. The monoisotopic (exact) mass is 304 g/mol. The molecule has 2 saturated carbocycles. The Morgan fingerprint density at radius 3 is 2.55 bits per heavy atom. The largest absolute Gasteiger partial charge is 0.468 e. The van der Waals surface area contributed by atoms with Crippen LogP contribution in [0.1, 0.15) is 44.9 Å². The molecule has 0 aliphatic heterocycles. The van der Waals surface area contributed by atoms with Gasteiger partial charge in [0.1, 0.15) is 0 Å². The summed E-state index contributed by atoms with van der Waals surface area (Å²) in [5, 5.41) is 0. The molecule has 4 nitrogen and oxygen atoms in total. The summed E-state index contributed by atoms with van der Waals surface area (Å²) in [6.07, 6.45) is 16.0. The molecular weight excluding hydrogens is 280 g/mol. The van der Waals surface area contributed by atoms with Gasteiger partial charge in [-0.15, -0.1) is 12.3 Å². The molecule has 0 radical (unpaired) electrons. The molecule has 2 aliphatic rings. The van der Waals surface area contributed by atoms with E-state index in [1.165, 1.54) is 46.3 Å². The van der Waals surface area contributed by atoms with Crippen molar-refractivity contribution in [2.45, 2.75) is 44.9 Å². The van der Waals surface area contributed by atoms with Gasteiger partial charge in [-0.3, -0.25) is 9.59 Å². The third kappa shape index (κ3) is 2.90. The summed E-state index contributed by atoms with van der Waals surface area (Å²) in [6, 6.07) is 0. The number of ether oxygens (including phenoxy) is 2. The van der Waals surface area contributed by atoms with Gasteiger partial charge in [0.05, 0.1) is 14.2 Å². The number of fused-ring (bicyclic) bond motifs is 1. The Morgan fingerprint density at radius 1 is 1.32 bits per heavy atom. The second-order valence-corrected chi connectivity index (χ2v) is 6.43. The molecule has 22 heavy (non-hydrogen) atoms. The highest BCUT2D eigenvalue weighted by Crippen LogP contribution is 2.62. The summed E-state index contributed by atoms with van der Waals surface area (Å²) in [7, 11) is 2.52. The Kier molecular flexibility index (Phi) is 4.95. The van der Waals surface area contributed by atoms with E-state index in [4.69, 9.17) is 15.9 Å². The van der Waals surface area contributed by atoms with E-state index in [-0.39, 0.29) is 12.8 Å². The standard InChI is InChI=1S/C18H24O4/c1-4-9-18(15(19)21-2,16(20)22-3)12-7-11-17-10-6-5-8-14(17)13-17/h1,7,11,14H,5-6,8-10,12-13H2,2-3H3/b11-7+/t14-,17-/m1/s1. The summed E-state index contributed by atoms with van der Waals surface area (Å²) in [5.74, 6) is 1.93. The van der Waals surface area contributed by atoms with Crippen molar-refractivity contribution in [3.63, 3.8) is 0 Å². The van der Waals surface area contributed by atoms with Crippen LogP contribution in [-0.2, 0) is 19.1 Å². The number of carbonyl (C=O) groups excluding carboxylic acids is 2. The molecule has 2 aliphatic carbocycles. The third-order valence-corrected chi connectivity index (χ3v) is 5.20. The number of methoxy groups -OCH3 is 2. The lowest BCUT2D eigenvalue weighted by Gasteiger charge is -2.25. The molecule has 0 aromatic carbocycles. The Balaban J connectivity index is 2.14. The fourth-order valence-corrected chi connectivity index (χ4v) is 3.75. The smallest absolute Gasteiger partial charge is 0.324 e. The van der Waals surface area contributed by atoms with Crippen LogP contribution in [-0.4, -0.2) is 26.2 Å². The number of hydrogen-bond donors (Lipinski definition) is 0. The predicted molar refractivity (Wildman–Crippen MR) is 82.7 cm³/mol. The third-order valence-electron chi connectivity index (χ3n) is 5.20. The van der Waals surface area contributed by atoms with Gasteiger partial charge in [-0.25, -0.2) is 0 Å². The molecule has 0 N–H and O–H groups in total. The number of esters is 2. The maximum Gasteiger partial charge on any atom is 0.324 e. The molecule has 2 rings (SSSR count). The fourth-order valence-electron chi connectivity index (χ4n) is 3.75. The molecule has 0 heterocycles. The average Bonchev–Trinajstić information content (AvgIpc) is 3.26. The van der Waals surface area contributed by atoms with E-state index in [2.05, 4.69) is 12.0 Å². The molecule has 0 unspecified atom stereocenters. The van der Waals surface area contributed by atoms with Crippen LogP contribution in [0.25, 0.3) is 0 Å². The first-order chi connectivity index (χ1) is 10.5. The van der Waals surface area contributed by atoms with Crippen LogP contribution in [0, 0.1) is 29.1 Å². The summed E-state index contributed by atoms with van der Waals surface area (Å²) in [4.78, 5) is 24.3. The van der Waals surface area contributed by atoms with Crippen molar-refractivity contribution in [1.82, 2.24) is 0 Å². The first-order valence-corrected chi connectivity index (χ1v) is 7.82. The predicted octanol–water partition coefficient (Wildman–Crippen LogP) is 2.87. The van der Waals surface area contributed by atoms with Crippen LogP contribution in [0.5, 0.6) is 0 Å². The number of hydrogen-bond acceptors (Lipinski definition) is 4. The van der Waals surface area contributed by atoms with Gasteiger partial charge in [-0.2, -0.15) is 0 Å². The van der Waals surface area contributed by atoms with E-state index in [9.17, 15) is 9.59 Å². The molecule has 0 aromatic rings. The molecule has 2 atom stereocenters. The van der Waals surface area contributed by atoms with Gasteiger partial charge in [0.15, 0.2) is 5.41 Å². The maximum atomic E-state index is 12.1. The Labute approximate surface area is 132 Å². The zero-order valence-corrected chi connectivity index (χ0v) is 13.4. The van der Waals surface area contributed by atoms with E-state index in [1.807, 2.05) is 6.08 Å². The minimum Gasteiger partial charge on any atom is -0.468 e. The summed E-state index contributed by atoms with van der Waals surface area (Å²) < 4.78 is 9.60. The molecule has 0 amide bonds. The van der Waals surface area contributed by atoms with Gasteiger partial charge in [-0.05, 0) is 37.0 Å². The lowest BCUT2D eigenvalue weighted by molar-refractivity contribution is -0.168. The average molecular weight is 304 g/mol. The second-order valence-electron chi connectivity index (χ2n) is 6.43. The van der Waals surface area contributed by atoms with Crippen LogP contribution in [0.3, 0.4) is 0 Å². The zero-order valence-electron chi connectivity index (χ0n) is 13.4. The molecule has 4 heteroatoms. The molecular formula is C18H24O4. The topological polar surface area (TPSA) is 52.6 Å². The number of allylic oxidation sites excluding steroid dienone is 2.